The van der Waals surface area contributed by atoms with Crippen LogP contribution in [-0.2, 0) is 16.6 Å². The van der Waals surface area contributed by atoms with E-state index in [-0.39, 0.29) is 23.4 Å². The molecule has 0 bridgehead atoms. The third-order valence-corrected chi connectivity index (χ3v) is 2.86. The lowest BCUT2D eigenvalue weighted by atomic mass is 9.72. The van der Waals surface area contributed by atoms with E-state index in [1.807, 2.05) is 19.9 Å². The molecule has 2 rings (SSSR count). The van der Waals surface area contributed by atoms with Crippen LogP contribution < -0.4 is 0 Å². The fraction of sp³-hybridized carbons (Fsp3) is 0.417. The first-order valence-electron chi connectivity index (χ1n) is 4.80. The molecule has 0 unspecified atom stereocenters. The summed E-state index contributed by atoms with van der Waals surface area (Å²) in [5, 5.41) is 0. The topological polar surface area (TPSA) is 17.1 Å². The molecule has 1 aliphatic carbocycles. The van der Waals surface area contributed by atoms with Crippen LogP contribution in [0.5, 0.6) is 0 Å². The van der Waals surface area contributed by atoms with Gasteiger partial charge in [-0.05, 0) is 22.6 Å². The van der Waals surface area contributed by atoms with E-state index >= 15 is 0 Å². The Balaban J connectivity index is 2.63. The van der Waals surface area contributed by atoms with Gasteiger partial charge in [0.05, 0.1) is 0 Å². The van der Waals surface area contributed by atoms with Gasteiger partial charge in [-0.2, -0.15) is 0 Å². The van der Waals surface area contributed by atoms with Gasteiger partial charge in [0.1, 0.15) is 11.6 Å². The second-order valence-corrected chi connectivity index (χ2v) is 4.54. The summed E-state index contributed by atoms with van der Waals surface area (Å²) >= 11 is 0. The van der Waals surface area contributed by atoms with Crippen molar-refractivity contribution in [3.8, 4) is 0 Å². The van der Waals surface area contributed by atoms with Gasteiger partial charge in [0.25, 0.3) is 0 Å². The molecule has 14 heavy (non-hydrogen) atoms. The lowest BCUT2D eigenvalue weighted by Crippen LogP contribution is -2.30. The van der Waals surface area contributed by atoms with E-state index in [1.165, 1.54) is 6.07 Å². The number of carbonyl (C=O) groups excluding carboxylic acids is 1. The Bertz CT molecular complexity index is 393. The van der Waals surface area contributed by atoms with Crippen molar-refractivity contribution < 1.29 is 9.18 Å². The highest BCUT2D eigenvalue weighted by Crippen LogP contribution is 2.35. The van der Waals surface area contributed by atoms with E-state index in [4.69, 9.17) is 0 Å². The van der Waals surface area contributed by atoms with E-state index in [0.29, 0.717) is 12.0 Å². The number of hydrogen-bond acceptors (Lipinski definition) is 1. The van der Waals surface area contributed by atoms with Crippen molar-refractivity contribution >= 4 is 5.78 Å². The van der Waals surface area contributed by atoms with Gasteiger partial charge in [0.15, 0.2) is 0 Å². The van der Waals surface area contributed by atoms with Gasteiger partial charge >= 0.3 is 0 Å². The molecule has 1 aliphatic rings. The molecule has 0 N–H and O–H groups in total. The van der Waals surface area contributed by atoms with Crippen LogP contribution in [0.25, 0.3) is 0 Å². The minimum Gasteiger partial charge on any atom is -0.299 e. The number of hydrogen-bond donors (Lipinski definition) is 0. The van der Waals surface area contributed by atoms with E-state index in [2.05, 4.69) is 0 Å². The average molecular weight is 192 g/mol. The summed E-state index contributed by atoms with van der Waals surface area (Å²) in [5.41, 5.74) is 1.36. The lowest BCUT2D eigenvalue weighted by Gasteiger charge is -2.31. The van der Waals surface area contributed by atoms with Gasteiger partial charge in [0.2, 0.25) is 0 Å². The summed E-state index contributed by atoms with van der Waals surface area (Å²) in [4.78, 5) is 11.4. The Kier molecular flexibility index (Phi) is 1.95. The van der Waals surface area contributed by atoms with Crippen molar-refractivity contribution in [3.63, 3.8) is 0 Å². The monoisotopic (exact) mass is 192 g/mol. The first kappa shape index (κ1) is 9.38. The summed E-state index contributed by atoms with van der Waals surface area (Å²) in [7, 11) is 0. The third-order valence-electron chi connectivity index (χ3n) is 2.86. The average Bonchev–Trinajstić information content (AvgIpc) is 2.05. The smallest absolute Gasteiger partial charge is 0.138 e. The van der Waals surface area contributed by atoms with Gasteiger partial charge in [-0.15, -0.1) is 0 Å². The number of Topliss-reactive ketones (excluding diaryl/α,β-unsaturated/α-hetero) is 1. The van der Waals surface area contributed by atoms with Crippen LogP contribution in [0, 0.1) is 5.82 Å². The lowest BCUT2D eigenvalue weighted by molar-refractivity contribution is -0.120. The molecule has 2 heteroatoms. The fourth-order valence-corrected chi connectivity index (χ4v) is 2.22. The van der Waals surface area contributed by atoms with Gasteiger partial charge < -0.3 is 0 Å². The molecule has 0 saturated heterocycles. The number of rotatable bonds is 0. The first-order chi connectivity index (χ1) is 6.50. The quantitative estimate of drug-likeness (QED) is 0.617. The Morgan fingerprint density at radius 2 is 2.07 bits per heavy atom. The van der Waals surface area contributed by atoms with Gasteiger partial charge in [-0.25, -0.2) is 4.39 Å². The first-order valence-corrected chi connectivity index (χ1v) is 4.80. The predicted molar refractivity (Wildman–Crippen MR) is 52.8 cm³/mol. The Hall–Kier alpha value is -1.18. The zero-order valence-electron chi connectivity index (χ0n) is 8.43. The fourth-order valence-electron chi connectivity index (χ4n) is 2.22. The zero-order chi connectivity index (χ0) is 10.3. The molecular formula is C12H13FO. The molecular weight excluding hydrogens is 179 g/mol. The van der Waals surface area contributed by atoms with Crippen molar-refractivity contribution in [2.75, 3.05) is 0 Å². The van der Waals surface area contributed by atoms with E-state index in [0.717, 1.165) is 5.56 Å². The molecule has 1 nitrogen and oxygen atoms in total. The Labute approximate surface area is 82.9 Å². The number of halogens is 1. The van der Waals surface area contributed by atoms with Crippen LogP contribution in [0.3, 0.4) is 0 Å². The maximum Gasteiger partial charge on any atom is 0.138 e. The van der Waals surface area contributed by atoms with Gasteiger partial charge in [0, 0.05) is 12.8 Å². The van der Waals surface area contributed by atoms with Crippen LogP contribution in [0.1, 0.15) is 31.4 Å². The van der Waals surface area contributed by atoms with Crippen molar-refractivity contribution in [1.82, 2.24) is 0 Å². The minimum absolute atomic E-state index is 0.132. The number of carbonyl (C=O) groups is 1. The summed E-state index contributed by atoms with van der Waals surface area (Å²) < 4.78 is 13.4. The zero-order valence-corrected chi connectivity index (χ0v) is 8.43. The maximum atomic E-state index is 13.4. The van der Waals surface area contributed by atoms with Crippen LogP contribution >= 0.6 is 0 Å². The van der Waals surface area contributed by atoms with Gasteiger partial charge in [-0.1, -0.05) is 26.0 Å². The highest BCUT2D eigenvalue weighted by atomic mass is 19.1. The summed E-state index contributed by atoms with van der Waals surface area (Å²) in [6.07, 6.45) is 0.773. The highest BCUT2D eigenvalue weighted by Gasteiger charge is 2.32. The number of ketones is 1. The van der Waals surface area contributed by atoms with Crippen LogP contribution in [-0.4, -0.2) is 5.78 Å². The molecule has 0 aromatic heterocycles. The summed E-state index contributed by atoms with van der Waals surface area (Å²) in [6.45, 7) is 3.98. The molecule has 0 heterocycles. The molecule has 1 aromatic rings. The molecule has 74 valence electrons. The van der Waals surface area contributed by atoms with Crippen LogP contribution in [0.15, 0.2) is 18.2 Å². The van der Waals surface area contributed by atoms with E-state index in [1.54, 1.807) is 6.07 Å². The van der Waals surface area contributed by atoms with E-state index < -0.39 is 0 Å². The van der Waals surface area contributed by atoms with Crippen molar-refractivity contribution in [1.29, 1.82) is 0 Å². The van der Waals surface area contributed by atoms with Crippen molar-refractivity contribution in [2.24, 2.45) is 0 Å². The summed E-state index contributed by atoms with van der Waals surface area (Å²) in [6, 6.07) is 5.06. The molecule has 0 aliphatic heterocycles. The second-order valence-electron chi connectivity index (χ2n) is 4.54. The molecule has 0 fully saturated rings. The molecule has 0 spiro atoms. The van der Waals surface area contributed by atoms with Gasteiger partial charge in [-0.3, -0.25) is 4.79 Å². The second kappa shape index (κ2) is 2.91. The molecule has 0 atom stereocenters. The third kappa shape index (κ3) is 1.35. The Morgan fingerprint density at radius 3 is 2.79 bits per heavy atom. The maximum absolute atomic E-state index is 13.4. The van der Waals surface area contributed by atoms with E-state index in [9.17, 15) is 9.18 Å². The normalized spacial score (nSPS) is 19.2. The highest BCUT2D eigenvalue weighted by molar-refractivity contribution is 5.85. The molecule has 0 radical (unpaired) electrons. The SMILES string of the molecule is CC1(C)CC(=O)Cc2c(F)cccc21. The van der Waals surface area contributed by atoms with Crippen LogP contribution in [0.2, 0.25) is 0 Å². The molecule has 0 saturated carbocycles. The summed E-state index contributed by atoms with van der Waals surface area (Å²) in [5.74, 6) is -0.115. The molecule has 1 aromatic carbocycles. The van der Waals surface area contributed by atoms with Crippen molar-refractivity contribution in [3.05, 3.63) is 35.1 Å². The number of fused-ring (bicyclic) bond motifs is 1. The Morgan fingerprint density at radius 1 is 1.36 bits per heavy atom. The largest absolute Gasteiger partial charge is 0.299 e. The molecule has 0 amide bonds. The van der Waals surface area contributed by atoms with Crippen LogP contribution in [0.4, 0.5) is 4.39 Å². The minimum atomic E-state index is -0.247. The predicted octanol–water partition coefficient (Wildman–Crippen LogP) is 2.62. The standard InChI is InChI=1S/C12H13FO/c1-12(2)7-8(14)6-9-10(12)4-3-5-11(9)13/h3-5H,6-7H2,1-2H3. The van der Waals surface area contributed by atoms with Crippen molar-refractivity contribution in [2.45, 2.75) is 32.1 Å². The number of benzene rings is 1.